The van der Waals surface area contributed by atoms with E-state index in [2.05, 4.69) is 27.2 Å². The fraction of sp³-hybridized carbons (Fsp3) is 0.250. The van der Waals surface area contributed by atoms with Crippen LogP contribution in [0.5, 0.6) is 0 Å². The van der Waals surface area contributed by atoms with Crippen molar-refractivity contribution in [2.24, 2.45) is 13.0 Å². The van der Waals surface area contributed by atoms with Gasteiger partial charge >= 0.3 is 0 Å². The largest absolute Gasteiger partial charge is 0.392 e. The first-order valence-corrected chi connectivity index (χ1v) is 14.7. The number of ether oxygens (including phenoxy) is 2. The molecule has 3 heterocycles. The molecule has 0 spiro atoms. The van der Waals surface area contributed by atoms with E-state index in [9.17, 15) is 9.90 Å². The van der Waals surface area contributed by atoms with Crippen molar-refractivity contribution in [2.45, 2.75) is 37.2 Å². The van der Waals surface area contributed by atoms with Crippen molar-refractivity contribution in [1.29, 1.82) is 0 Å². The maximum absolute atomic E-state index is 12.9. The predicted octanol–water partition coefficient (Wildman–Crippen LogP) is 5.69. The summed E-state index contributed by atoms with van der Waals surface area (Å²) < 4.78 is 15.1. The molecule has 1 saturated heterocycles. The number of fused-ring (bicyclic) bond motifs is 1. The van der Waals surface area contributed by atoms with Crippen molar-refractivity contribution < 1.29 is 19.4 Å². The number of amides is 1. The highest BCUT2D eigenvalue weighted by Crippen LogP contribution is 2.43. The highest BCUT2D eigenvalue weighted by molar-refractivity contribution is 7.99. The third kappa shape index (κ3) is 6.07. The Bertz CT molecular complexity index is 1670. The van der Waals surface area contributed by atoms with Crippen molar-refractivity contribution in [2.75, 3.05) is 11.1 Å². The number of anilines is 1. The molecule has 2 aromatic heterocycles. The Kier molecular flexibility index (Phi) is 8.29. The van der Waals surface area contributed by atoms with Crippen LogP contribution in [0.4, 0.5) is 5.69 Å². The van der Waals surface area contributed by atoms with Crippen molar-refractivity contribution >= 4 is 34.4 Å². The number of carbonyl (C=O) groups excluding carboxylic acids is 1. The monoisotopic (exact) mass is 581 g/mol. The molecule has 0 unspecified atom stereocenters. The number of thioether (sulfide) groups is 1. The molecule has 6 rings (SSSR count). The van der Waals surface area contributed by atoms with E-state index in [1.165, 1.54) is 6.20 Å². The molecule has 42 heavy (non-hydrogen) atoms. The number of imidazole rings is 1. The minimum absolute atomic E-state index is 0.00759. The molecule has 1 aliphatic heterocycles. The van der Waals surface area contributed by atoms with E-state index in [1.807, 2.05) is 90.6 Å². The number of nitrogens with zero attached hydrogens (tertiary/aromatic N) is 4. The average Bonchev–Trinajstić information content (AvgIpc) is 3.45. The van der Waals surface area contributed by atoms with Gasteiger partial charge in [-0.3, -0.25) is 9.78 Å². The van der Waals surface area contributed by atoms with Gasteiger partial charge in [0.1, 0.15) is 5.69 Å². The third-order valence-electron chi connectivity index (χ3n) is 7.40. The van der Waals surface area contributed by atoms with Crippen LogP contribution in [0.3, 0.4) is 0 Å². The molecular weight excluding hydrogens is 550 g/mol. The topological polar surface area (TPSA) is 111 Å². The van der Waals surface area contributed by atoms with Crippen LogP contribution in [0.1, 0.15) is 46.5 Å². The van der Waals surface area contributed by atoms with E-state index < -0.39 is 6.29 Å². The van der Waals surface area contributed by atoms with Crippen molar-refractivity contribution in [3.8, 4) is 0 Å². The molecule has 2 N–H and O–H groups in total. The molecule has 0 radical (unpaired) electrons. The lowest BCUT2D eigenvalue weighted by Gasteiger charge is -2.41. The molecule has 1 aliphatic rings. The van der Waals surface area contributed by atoms with E-state index in [0.717, 1.165) is 27.4 Å². The minimum atomic E-state index is -0.605. The summed E-state index contributed by atoms with van der Waals surface area (Å²) in [5, 5.41) is 13.3. The lowest BCUT2D eigenvalue weighted by atomic mass is 9.91. The lowest BCUT2D eigenvalue weighted by Crippen LogP contribution is -2.38. The van der Waals surface area contributed by atoms with E-state index in [-0.39, 0.29) is 36.3 Å². The first kappa shape index (κ1) is 28.0. The minimum Gasteiger partial charge on any atom is -0.392 e. The first-order chi connectivity index (χ1) is 20.5. The van der Waals surface area contributed by atoms with E-state index in [4.69, 9.17) is 9.47 Å². The van der Waals surface area contributed by atoms with Crippen LogP contribution < -0.4 is 5.32 Å². The normalized spacial score (nSPS) is 20.5. The standard InChI is InChI=1S/C32H31N5O4S/c1-20-28(19-42-32-33-15-16-37(32)2)40-31(41-29(20)22-9-7-21(18-38)8-10-22)23-11-13-24(14-12-23)35-30(39)27-17-34-25-5-3-4-6-26(25)36-27/h3-17,20,28-29,31,38H,18-19H2,1-2H3,(H,35,39)/t20-,28+,29+,31+/m1/s1. The number of aliphatic hydroxyl groups is 1. The smallest absolute Gasteiger partial charge is 0.275 e. The van der Waals surface area contributed by atoms with Crippen molar-refractivity contribution in [3.63, 3.8) is 0 Å². The van der Waals surface area contributed by atoms with Gasteiger partial charge in [-0.15, -0.1) is 0 Å². The molecular formula is C32H31N5O4S. The van der Waals surface area contributed by atoms with Crippen LogP contribution in [0.15, 0.2) is 96.5 Å². The van der Waals surface area contributed by atoms with Gasteiger partial charge in [0.2, 0.25) is 0 Å². The van der Waals surface area contributed by atoms with Gasteiger partial charge in [-0.05, 0) is 35.4 Å². The number of aryl methyl sites for hydroxylation is 1. The fourth-order valence-electron chi connectivity index (χ4n) is 4.94. The molecule has 4 atom stereocenters. The highest BCUT2D eigenvalue weighted by Gasteiger charge is 2.38. The summed E-state index contributed by atoms with van der Waals surface area (Å²) in [6.07, 6.45) is 4.27. The molecule has 10 heteroatoms. The number of hydrogen-bond acceptors (Lipinski definition) is 8. The second-order valence-electron chi connectivity index (χ2n) is 10.3. The van der Waals surface area contributed by atoms with Crippen LogP contribution in [0.2, 0.25) is 0 Å². The third-order valence-corrected chi connectivity index (χ3v) is 8.55. The quantitative estimate of drug-likeness (QED) is 0.225. The van der Waals surface area contributed by atoms with Crippen LogP contribution in [0.25, 0.3) is 11.0 Å². The number of para-hydroxylation sites is 2. The predicted molar refractivity (Wildman–Crippen MR) is 161 cm³/mol. The SMILES string of the molecule is C[C@@H]1[C@H](CSc2nccn2C)O[C@H](c2ccc(NC(=O)c3cnc4ccccc4n3)cc2)O[C@@H]1c1ccc(CO)cc1. The summed E-state index contributed by atoms with van der Waals surface area (Å²) in [4.78, 5) is 26.1. The summed E-state index contributed by atoms with van der Waals surface area (Å²) >= 11 is 1.65. The van der Waals surface area contributed by atoms with E-state index in [0.29, 0.717) is 17.0 Å². The molecule has 0 saturated carbocycles. The second-order valence-corrected chi connectivity index (χ2v) is 11.3. The summed E-state index contributed by atoms with van der Waals surface area (Å²) in [5.41, 5.74) is 4.99. The Morgan fingerprint density at radius 2 is 1.71 bits per heavy atom. The van der Waals surface area contributed by atoms with Gasteiger partial charge in [0, 0.05) is 42.4 Å². The summed E-state index contributed by atoms with van der Waals surface area (Å²) in [5.74, 6) is 0.436. The number of rotatable bonds is 8. The molecule has 5 aromatic rings. The molecule has 0 bridgehead atoms. The lowest BCUT2D eigenvalue weighted by molar-refractivity contribution is -0.268. The summed E-state index contributed by atoms with van der Waals surface area (Å²) in [6.45, 7) is 2.13. The Labute approximate surface area is 247 Å². The van der Waals surface area contributed by atoms with Crippen molar-refractivity contribution in [3.05, 3.63) is 114 Å². The molecule has 214 valence electrons. The molecule has 9 nitrogen and oxygen atoms in total. The molecule has 1 amide bonds. The maximum Gasteiger partial charge on any atom is 0.275 e. The zero-order valence-electron chi connectivity index (χ0n) is 23.3. The number of benzene rings is 3. The highest BCUT2D eigenvalue weighted by atomic mass is 32.2. The van der Waals surface area contributed by atoms with Gasteiger partial charge in [-0.25, -0.2) is 9.97 Å². The van der Waals surface area contributed by atoms with Crippen LogP contribution in [0, 0.1) is 5.92 Å². The Morgan fingerprint density at radius 1 is 0.976 bits per heavy atom. The average molecular weight is 582 g/mol. The molecule has 3 aromatic carbocycles. The number of carbonyl (C=O) groups is 1. The second kappa shape index (κ2) is 12.4. The number of hydrogen-bond donors (Lipinski definition) is 2. The van der Waals surface area contributed by atoms with Gasteiger partial charge in [-0.1, -0.05) is 67.2 Å². The van der Waals surface area contributed by atoms with Crippen LogP contribution >= 0.6 is 11.8 Å². The Hall–Kier alpha value is -4.09. The van der Waals surface area contributed by atoms with Gasteiger partial charge in [0.15, 0.2) is 11.4 Å². The zero-order chi connectivity index (χ0) is 29.1. The van der Waals surface area contributed by atoms with Gasteiger partial charge in [-0.2, -0.15) is 0 Å². The van der Waals surface area contributed by atoms with E-state index >= 15 is 0 Å². The van der Waals surface area contributed by atoms with Crippen LogP contribution in [-0.2, 0) is 23.1 Å². The number of aliphatic hydroxyl groups excluding tert-OH is 1. The summed E-state index contributed by atoms with van der Waals surface area (Å²) in [7, 11) is 1.98. The van der Waals surface area contributed by atoms with Gasteiger partial charge in [0.25, 0.3) is 5.91 Å². The molecule has 1 fully saturated rings. The molecule has 0 aliphatic carbocycles. The first-order valence-electron chi connectivity index (χ1n) is 13.7. The number of nitrogens with one attached hydrogen (secondary N) is 1. The Morgan fingerprint density at radius 3 is 2.43 bits per heavy atom. The zero-order valence-corrected chi connectivity index (χ0v) is 24.1. The fourth-order valence-corrected chi connectivity index (χ4v) is 6.04. The van der Waals surface area contributed by atoms with Gasteiger partial charge < -0.3 is 24.5 Å². The van der Waals surface area contributed by atoms with E-state index in [1.54, 1.807) is 18.0 Å². The van der Waals surface area contributed by atoms with Crippen molar-refractivity contribution in [1.82, 2.24) is 19.5 Å². The Balaban J connectivity index is 1.19. The number of aromatic nitrogens is 4. The summed E-state index contributed by atoms with van der Waals surface area (Å²) in [6, 6.07) is 22.7. The van der Waals surface area contributed by atoms with Crippen LogP contribution in [-0.4, -0.2) is 42.4 Å². The maximum atomic E-state index is 12.9. The van der Waals surface area contributed by atoms with Gasteiger partial charge in [0.05, 0.1) is 36.0 Å².